The highest BCUT2D eigenvalue weighted by Gasteiger charge is 2.31. The Bertz CT molecular complexity index is 448. The zero-order valence-electron chi connectivity index (χ0n) is 12.7. The summed E-state index contributed by atoms with van der Waals surface area (Å²) in [6.07, 6.45) is 2.82. The Morgan fingerprint density at radius 2 is 1.95 bits per heavy atom. The van der Waals surface area contributed by atoms with E-state index in [2.05, 4.69) is 41.1 Å². The van der Waals surface area contributed by atoms with Crippen molar-refractivity contribution in [3.8, 4) is 0 Å². The predicted octanol–water partition coefficient (Wildman–Crippen LogP) is 1.78. The van der Waals surface area contributed by atoms with Crippen LogP contribution in [0.3, 0.4) is 0 Å². The lowest BCUT2D eigenvalue weighted by atomic mass is 10.2. The summed E-state index contributed by atoms with van der Waals surface area (Å²) in [7, 11) is 0. The van der Waals surface area contributed by atoms with E-state index in [4.69, 9.17) is 4.98 Å². The minimum Gasteiger partial charge on any atom is -0.354 e. The monoisotopic (exact) mass is 274 g/mol. The van der Waals surface area contributed by atoms with Crippen LogP contribution >= 0.6 is 0 Å². The van der Waals surface area contributed by atoms with Gasteiger partial charge in [0.15, 0.2) is 0 Å². The van der Waals surface area contributed by atoms with E-state index in [1.165, 1.54) is 31.5 Å². The first-order chi connectivity index (χ1) is 9.76. The normalized spacial score (nSPS) is 20.4. The third-order valence-electron chi connectivity index (χ3n) is 4.28. The highest BCUT2D eigenvalue weighted by Crippen LogP contribution is 2.28. The molecule has 0 amide bonds. The SMILES string of the molecule is CCNCc1cc(C)nc(N2CCN(C3CC3)CC2)c1. The van der Waals surface area contributed by atoms with Gasteiger partial charge in [-0.15, -0.1) is 0 Å². The molecule has 0 radical (unpaired) electrons. The fourth-order valence-corrected chi connectivity index (χ4v) is 3.01. The number of hydrogen-bond donors (Lipinski definition) is 1. The number of aromatic nitrogens is 1. The molecule has 0 bridgehead atoms. The van der Waals surface area contributed by atoms with E-state index in [1.54, 1.807) is 0 Å². The average molecular weight is 274 g/mol. The van der Waals surface area contributed by atoms with E-state index in [1.807, 2.05) is 0 Å². The van der Waals surface area contributed by atoms with Crippen molar-refractivity contribution < 1.29 is 0 Å². The van der Waals surface area contributed by atoms with Crippen LogP contribution in [-0.4, -0.2) is 48.6 Å². The Labute approximate surface area is 122 Å². The molecular weight excluding hydrogens is 248 g/mol. The van der Waals surface area contributed by atoms with Crippen molar-refractivity contribution >= 4 is 5.82 Å². The second kappa shape index (κ2) is 6.10. The molecule has 0 spiro atoms. The van der Waals surface area contributed by atoms with Crippen molar-refractivity contribution in [1.82, 2.24) is 15.2 Å². The first-order valence-corrected chi connectivity index (χ1v) is 7.93. The number of piperazine rings is 1. The Balaban J connectivity index is 1.65. The third kappa shape index (κ3) is 3.30. The number of anilines is 1. The summed E-state index contributed by atoms with van der Waals surface area (Å²) in [5.74, 6) is 1.16. The quantitative estimate of drug-likeness (QED) is 0.887. The van der Waals surface area contributed by atoms with Crippen molar-refractivity contribution in [2.45, 2.75) is 39.3 Å². The summed E-state index contributed by atoms with van der Waals surface area (Å²) < 4.78 is 0. The van der Waals surface area contributed by atoms with Gasteiger partial charge in [0.1, 0.15) is 5.82 Å². The Morgan fingerprint density at radius 1 is 1.20 bits per heavy atom. The molecule has 3 rings (SSSR count). The zero-order valence-corrected chi connectivity index (χ0v) is 12.7. The maximum atomic E-state index is 4.73. The van der Waals surface area contributed by atoms with Crippen molar-refractivity contribution in [2.24, 2.45) is 0 Å². The van der Waals surface area contributed by atoms with E-state index in [0.717, 1.165) is 43.7 Å². The van der Waals surface area contributed by atoms with Crippen LogP contribution in [0.15, 0.2) is 12.1 Å². The van der Waals surface area contributed by atoms with Crippen LogP contribution in [-0.2, 0) is 6.54 Å². The largest absolute Gasteiger partial charge is 0.354 e. The molecule has 1 aromatic heterocycles. The summed E-state index contributed by atoms with van der Waals surface area (Å²) in [5, 5.41) is 3.40. The number of nitrogens with one attached hydrogen (secondary N) is 1. The zero-order chi connectivity index (χ0) is 13.9. The van der Waals surface area contributed by atoms with Crippen molar-refractivity contribution in [2.75, 3.05) is 37.6 Å². The van der Waals surface area contributed by atoms with Crippen LogP contribution in [0.5, 0.6) is 0 Å². The first kappa shape index (κ1) is 13.8. The summed E-state index contributed by atoms with van der Waals surface area (Å²) in [6, 6.07) is 5.33. The molecule has 1 aliphatic heterocycles. The van der Waals surface area contributed by atoms with Crippen molar-refractivity contribution in [1.29, 1.82) is 0 Å². The Hall–Kier alpha value is -1.13. The predicted molar refractivity (Wildman–Crippen MR) is 83.2 cm³/mol. The van der Waals surface area contributed by atoms with Crippen LogP contribution in [0.1, 0.15) is 31.0 Å². The molecule has 2 fully saturated rings. The number of pyridine rings is 1. The van der Waals surface area contributed by atoms with Gasteiger partial charge in [0.05, 0.1) is 0 Å². The lowest BCUT2D eigenvalue weighted by molar-refractivity contribution is 0.247. The summed E-state index contributed by atoms with van der Waals surface area (Å²) in [6.45, 7) is 10.8. The van der Waals surface area contributed by atoms with E-state index >= 15 is 0 Å². The van der Waals surface area contributed by atoms with Gasteiger partial charge in [-0.3, -0.25) is 4.90 Å². The number of nitrogens with zero attached hydrogens (tertiary/aromatic N) is 3. The van der Waals surface area contributed by atoms with E-state index < -0.39 is 0 Å². The van der Waals surface area contributed by atoms with Crippen molar-refractivity contribution in [3.05, 3.63) is 23.4 Å². The summed E-state index contributed by atoms with van der Waals surface area (Å²) in [4.78, 5) is 9.82. The average Bonchev–Trinajstić information content (AvgIpc) is 3.29. The van der Waals surface area contributed by atoms with Gasteiger partial charge in [0.25, 0.3) is 0 Å². The smallest absolute Gasteiger partial charge is 0.129 e. The molecule has 0 aromatic carbocycles. The van der Waals surface area contributed by atoms with Gasteiger partial charge in [-0.2, -0.15) is 0 Å². The fraction of sp³-hybridized carbons (Fsp3) is 0.688. The molecule has 4 nitrogen and oxygen atoms in total. The molecular formula is C16H26N4. The number of aryl methyl sites for hydroxylation is 1. The standard InChI is InChI=1S/C16H26N4/c1-3-17-12-14-10-13(2)18-16(11-14)20-8-6-19(7-9-20)15-4-5-15/h10-11,15,17H,3-9,12H2,1-2H3. The molecule has 4 heteroatoms. The molecule has 0 atom stereocenters. The molecule has 1 saturated carbocycles. The third-order valence-corrected chi connectivity index (χ3v) is 4.28. The molecule has 2 heterocycles. The molecule has 1 aromatic rings. The lowest BCUT2D eigenvalue weighted by Gasteiger charge is -2.35. The Morgan fingerprint density at radius 3 is 2.60 bits per heavy atom. The topological polar surface area (TPSA) is 31.4 Å². The highest BCUT2D eigenvalue weighted by atomic mass is 15.3. The Kier molecular flexibility index (Phi) is 4.22. The maximum Gasteiger partial charge on any atom is 0.129 e. The molecule has 1 N–H and O–H groups in total. The molecule has 20 heavy (non-hydrogen) atoms. The van der Waals surface area contributed by atoms with Crippen molar-refractivity contribution in [3.63, 3.8) is 0 Å². The summed E-state index contributed by atoms with van der Waals surface area (Å²) >= 11 is 0. The van der Waals surface area contributed by atoms with Crippen LogP contribution in [0.4, 0.5) is 5.82 Å². The van der Waals surface area contributed by atoms with Gasteiger partial charge in [0.2, 0.25) is 0 Å². The summed E-state index contributed by atoms with van der Waals surface area (Å²) in [5.41, 5.74) is 2.47. The highest BCUT2D eigenvalue weighted by molar-refractivity contribution is 5.43. The molecule has 2 aliphatic rings. The van der Waals surface area contributed by atoms with Crippen LogP contribution < -0.4 is 10.2 Å². The second-order valence-corrected chi connectivity index (χ2v) is 6.01. The minimum absolute atomic E-state index is 0.895. The van der Waals surface area contributed by atoms with Gasteiger partial charge in [0, 0.05) is 44.5 Å². The van der Waals surface area contributed by atoms with E-state index in [9.17, 15) is 0 Å². The van der Waals surface area contributed by atoms with Crippen LogP contribution in [0.2, 0.25) is 0 Å². The first-order valence-electron chi connectivity index (χ1n) is 7.93. The molecule has 1 aliphatic carbocycles. The second-order valence-electron chi connectivity index (χ2n) is 6.01. The molecule has 0 unspecified atom stereocenters. The fourth-order valence-electron chi connectivity index (χ4n) is 3.01. The maximum absolute atomic E-state index is 4.73. The van der Waals surface area contributed by atoms with Gasteiger partial charge in [-0.05, 0) is 44.0 Å². The number of rotatable bonds is 5. The van der Waals surface area contributed by atoms with E-state index in [0.29, 0.717) is 0 Å². The minimum atomic E-state index is 0.895. The molecule has 1 saturated heterocycles. The van der Waals surface area contributed by atoms with Crippen LogP contribution in [0, 0.1) is 6.92 Å². The van der Waals surface area contributed by atoms with Gasteiger partial charge >= 0.3 is 0 Å². The lowest BCUT2D eigenvalue weighted by Crippen LogP contribution is -2.47. The van der Waals surface area contributed by atoms with Crippen LogP contribution in [0.25, 0.3) is 0 Å². The van der Waals surface area contributed by atoms with E-state index in [-0.39, 0.29) is 0 Å². The molecule has 110 valence electrons. The van der Waals surface area contributed by atoms with Gasteiger partial charge < -0.3 is 10.2 Å². The number of hydrogen-bond acceptors (Lipinski definition) is 4. The van der Waals surface area contributed by atoms with Gasteiger partial charge in [-0.1, -0.05) is 6.92 Å². The van der Waals surface area contributed by atoms with Gasteiger partial charge in [-0.25, -0.2) is 4.98 Å².